The number of morpholine rings is 1. The molecular formula is C19H19N3O3S. The predicted octanol–water partition coefficient (Wildman–Crippen LogP) is 3.03. The number of benzene rings is 1. The number of methoxy groups -OCH3 is 1. The number of hydrogen-bond acceptors (Lipinski definition) is 6. The number of nitrogen functional groups attached to an aromatic ring is 1. The fourth-order valence-electron chi connectivity index (χ4n) is 2.99. The Hall–Kier alpha value is -2.64. The highest BCUT2D eigenvalue weighted by Gasteiger charge is 2.24. The fourth-order valence-corrected chi connectivity index (χ4v) is 4.05. The molecule has 6 nitrogen and oxygen atoms in total. The van der Waals surface area contributed by atoms with Crippen LogP contribution in [0, 0.1) is 0 Å². The van der Waals surface area contributed by atoms with E-state index in [0.717, 1.165) is 27.2 Å². The lowest BCUT2D eigenvalue weighted by Gasteiger charge is -2.26. The normalized spacial score (nSPS) is 14.6. The molecule has 1 aliphatic heterocycles. The number of ether oxygens (including phenoxy) is 2. The fraction of sp³-hybridized carbons (Fsp3) is 0.263. The molecule has 0 saturated carbocycles. The summed E-state index contributed by atoms with van der Waals surface area (Å²) in [5, 5.41) is 0.823. The van der Waals surface area contributed by atoms with Crippen LogP contribution in [0.4, 0.5) is 5.69 Å². The van der Waals surface area contributed by atoms with Crippen LogP contribution in [0.5, 0.6) is 5.75 Å². The molecule has 0 spiro atoms. The molecule has 1 saturated heterocycles. The molecule has 4 rings (SSSR count). The molecule has 7 heteroatoms. The average Bonchev–Trinajstić information content (AvgIpc) is 3.04. The zero-order valence-corrected chi connectivity index (χ0v) is 15.2. The van der Waals surface area contributed by atoms with Gasteiger partial charge in [0.15, 0.2) is 0 Å². The number of carbonyl (C=O) groups excluding carboxylic acids is 1. The summed E-state index contributed by atoms with van der Waals surface area (Å²) in [6.07, 6.45) is 0. The van der Waals surface area contributed by atoms with Crippen LogP contribution in [0.2, 0.25) is 0 Å². The topological polar surface area (TPSA) is 77.7 Å². The Kier molecular flexibility index (Phi) is 4.48. The van der Waals surface area contributed by atoms with Gasteiger partial charge in [0, 0.05) is 24.0 Å². The zero-order chi connectivity index (χ0) is 18.1. The lowest BCUT2D eigenvalue weighted by atomic mass is 10.1. The van der Waals surface area contributed by atoms with Gasteiger partial charge in [0.05, 0.1) is 31.7 Å². The number of amides is 1. The maximum Gasteiger partial charge on any atom is 0.266 e. The Bertz CT molecular complexity index is 947. The maximum absolute atomic E-state index is 12.8. The van der Waals surface area contributed by atoms with E-state index >= 15 is 0 Å². The van der Waals surface area contributed by atoms with E-state index in [0.29, 0.717) is 36.9 Å². The Morgan fingerprint density at radius 1 is 1.19 bits per heavy atom. The molecule has 0 radical (unpaired) electrons. The summed E-state index contributed by atoms with van der Waals surface area (Å²) in [4.78, 5) is 20.6. The lowest BCUT2D eigenvalue weighted by molar-refractivity contribution is 0.0307. The molecule has 0 atom stereocenters. The van der Waals surface area contributed by atoms with E-state index in [1.807, 2.05) is 36.4 Å². The number of aromatic nitrogens is 1. The van der Waals surface area contributed by atoms with Crippen LogP contribution < -0.4 is 10.5 Å². The van der Waals surface area contributed by atoms with E-state index in [9.17, 15) is 4.79 Å². The van der Waals surface area contributed by atoms with Crippen LogP contribution in [0.15, 0.2) is 36.4 Å². The lowest BCUT2D eigenvalue weighted by Crippen LogP contribution is -2.40. The van der Waals surface area contributed by atoms with Crippen molar-refractivity contribution >= 4 is 33.1 Å². The highest BCUT2D eigenvalue weighted by molar-refractivity contribution is 7.21. The van der Waals surface area contributed by atoms with E-state index in [1.165, 1.54) is 11.3 Å². The summed E-state index contributed by atoms with van der Waals surface area (Å²) in [5.41, 5.74) is 8.58. The molecule has 26 heavy (non-hydrogen) atoms. The van der Waals surface area contributed by atoms with Gasteiger partial charge in [0.25, 0.3) is 5.91 Å². The van der Waals surface area contributed by atoms with E-state index in [-0.39, 0.29) is 5.91 Å². The molecule has 1 amide bonds. The molecule has 0 unspecified atom stereocenters. The number of rotatable bonds is 3. The van der Waals surface area contributed by atoms with E-state index in [2.05, 4.69) is 0 Å². The first kappa shape index (κ1) is 16.8. The van der Waals surface area contributed by atoms with E-state index in [1.54, 1.807) is 12.0 Å². The van der Waals surface area contributed by atoms with Gasteiger partial charge in [-0.2, -0.15) is 0 Å². The van der Waals surface area contributed by atoms with Gasteiger partial charge in [-0.15, -0.1) is 11.3 Å². The van der Waals surface area contributed by atoms with Gasteiger partial charge < -0.3 is 20.1 Å². The van der Waals surface area contributed by atoms with Gasteiger partial charge in [-0.25, -0.2) is 4.98 Å². The van der Waals surface area contributed by atoms with Gasteiger partial charge in [0.2, 0.25) is 0 Å². The van der Waals surface area contributed by atoms with E-state index in [4.69, 9.17) is 20.2 Å². The average molecular weight is 369 g/mol. The molecule has 0 aliphatic carbocycles. The number of fused-ring (bicyclic) bond motifs is 1. The Morgan fingerprint density at radius 3 is 2.62 bits per heavy atom. The summed E-state index contributed by atoms with van der Waals surface area (Å²) in [6, 6.07) is 11.6. The summed E-state index contributed by atoms with van der Waals surface area (Å²) in [7, 11) is 1.64. The Balaban J connectivity index is 1.69. The number of nitrogens with zero attached hydrogens (tertiary/aromatic N) is 2. The van der Waals surface area contributed by atoms with Crippen LogP contribution in [0.1, 0.15) is 9.67 Å². The zero-order valence-electron chi connectivity index (χ0n) is 14.4. The van der Waals surface area contributed by atoms with Crippen molar-refractivity contribution in [1.82, 2.24) is 9.88 Å². The first-order chi connectivity index (χ1) is 12.7. The summed E-state index contributed by atoms with van der Waals surface area (Å²) in [6.45, 7) is 2.32. The third kappa shape index (κ3) is 3.00. The highest BCUT2D eigenvalue weighted by Crippen LogP contribution is 2.35. The van der Waals surface area contributed by atoms with Crippen molar-refractivity contribution in [3.63, 3.8) is 0 Å². The molecule has 1 fully saturated rings. The van der Waals surface area contributed by atoms with Crippen LogP contribution >= 0.6 is 11.3 Å². The molecule has 2 N–H and O–H groups in total. The molecule has 0 bridgehead atoms. The van der Waals surface area contributed by atoms with Gasteiger partial charge >= 0.3 is 0 Å². The Labute approximate surface area is 155 Å². The largest absolute Gasteiger partial charge is 0.497 e. The number of nitrogens with two attached hydrogens (primary N) is 1. The molecular weight excluding hydrogens is 350 g/mol. The molecule has 3 heterocycles. The molecule has 2 aromatic heterocycles. The van der Waals surface area contributed by atoms with Gasteiger partial charge in [-0.05, 0) is 36.4 Å². The minimum absolute atomic E-state index is 0.0419. The van der Waals surface area contributed by atoms with Crippen LogP contribution in [0.3, 0.4) is 0 Å². The number of pyridine rings is 1. The van der Waals surface area contributed by atoms with Crippen LogP contribution in [-0.4, -0.2) is 49.2 Å². The summed E-state index contributed by atoms with van der Waals surface area (Å²) >= 11 is 1.35. The maximum atomic E-state index is 12.8. The summed E-state index contributed by atoms with van der Waals surface area (Å²) in [5.74, 6) is 0.758. The standard InChI is InChI=1S/C19H19N3O3S/c1-24-13-4-2-12(3-5-13)15-7-6-14-16(20)17(26-18(14)21-15)19(23)22-8-10-25-11-9-22/h2-7H,8-11,20H2,1H3. The summed E-state index contributed by atoms with van der Waals surface area (Å²) < 4.78 is 10.5. The first-order valence-electron chi connectivity index (χ1n) is 8.38. The minimum atomic E-state index is -0.0419. The van der Waals surface area contributed by atoms with Crippen LogP contribution in [0.25, 0.3) is 21.5 Å². The second-order valence-electron chi connectivity index (χ2n) is 6.03. The molecule has 134 valence electrons. The van der Waals surface area contributed by atoms with Gasteiger partial charge in [0.1, 0.15) is 15.5 Å². The number of thiophene rings is 1. The second-order valence-corrected chi connectivity index (χ2v) is 7.03. The molecule has 3 aromatic rings. The van der Waals surface area contributed by atoms with Gasteiger partial charge in [-0.1, -0.05) is 0 Å². The number of carbonyl (C=O) groups is 1. The molecule has 1 aromatic carbocycles. The van der Waals surface area contributed by atoms with Crippen molar-refractivity contribution in [3.05, 3.63) is 41.3 Å². The SMILES string of the molecule is COc1ccc(-c2ccc3c(N)c(C(=O)N4CCOCC4)sc3n2)cc1. The number of hydrogen-bond donors (Lipinski definition) is 1. The third-order valence-electron chi connectivity index (χ3n) is 4.47. The Morgan fingerprint density at radius 2 is 1.92 bits per heavy atom. The van der Waals surface area contributed by atoms with Crippen molar-refractivity contribution in [2.45, 2.75) is 0 Å². The predicted molar refractivity (Wildman–Crippen MR) is 103 cm³/mol. The van der Waals surface area contributed by atoms with Crippen molar-refractivity contribution in [2.24, 2.45) is 0 Å². The first-order valence-corrected chi connectivity index (χ1v) is 9.19. The smallest absolute Gasteiger partial charge is 0.266 e. The third-order valence-corrected chi connectivity index (χ3v) is 5.58. The number of anilines is 1. The van der Waals surface area contributed by atoms with E-state index < -0.39 is 0 Å². The molecule has 1 aliphatic rings. The van der Waals surface area contributed by atoms with Crippen molar-refractivity contribution < 1.29 is 14.3 Å². The van der Waals surface area contributed by atoms with Gasteiger partial charge in [-0.3, -0.25) is 4.79 Å². The minimum Gasteiger partial charge on any atom is -0.497 e. The monoisotopic (exact) mass is 369 g/mol. The quantitative estimate of drug-likeness (QED) is 0.768. The van der Waals surface area contributed by atoms with Crippen molar-refractivity contribution in [3.8, 4) is 17.0 Å². The van der Waals surface area contributed by atoms with Crippen molar-refractivity contribution in [2.75, 3.05) is 39.1 Å². The van der Waals surface area contributed by atoms with Crippen LogP contribution in [-0.2, 0) is 4.74 Å². The van der Waals surface area contributed by atoms with Crippen molar-refractivity contribution in [1.29, 1.82) is 0 Å². The second kappa shape index (κ2) is 6.93. The highest BCUT2D eigenvalue weighted by atomic mass is 32.1.